The van der Waals surface area contributed by atoms with Crippen LogP contribution in [0.3, 0.4) is 0 Å². The lowest BCUT2D eigenvalue weighted by Crippen LogP contribution is -2.27. The van der Waals surface area contributed by atoms with Gasteiger partial charge < -0.3 is 19.2 Å². The molecule has 0 aliphatic heterocycles. The number of nitrogens with one attached hydrogen (secondary N) is 1. The molecule has 0 aliphatic rings. The molecule has 1 N–H and O–H groups in total. The van der Waals surface area contributed by atoms with Crippen LogP contribution in [0, 0.1) is 0 Å². The first-order valence-corrected chi connectivity index (χ1v) is 10.4. The lowest BCUT2D eigenvalue weighted by Gasteiger charge is -2.12. The second-order valence-corrected chi connectivity index (χ2v) is 7.31. The molecule has 3 aromatic carbocycles. The highest BCUT2D eigenvalue weighted by Gasteiger charge is 2.13. The van der Waals surface area contributed by atoms with Gasteiger partial charge in [0.05, 0.1) is 31.1 Å². The maximum atomic E-state index is 13.0. The van der Waals surface area contributed by atoms with E-state index in [0.29, 0.717) is 22.6 Å². The van der Waals surface area contributed by atoms with Gasteiger partial charge in [-0.15, -0.1) is 0 Å². The van der Waals surface area contributed by atoms with Gasteiger partial charge in [0, 0.05) is 5.39 Å². The first kappa shape index (κ1) is 21.9. The fourth-order valence-corrected chi connectivity index (χ4v) is 3.38. The van der Waals surface area contributed by atoms with Crippen molar-refractivity contribution < 1.29 is 23.5 Å². The number of furan rings is 1. The fraction of sp³-hybridized carbons (Fsp3) is 0.111. The number of carbonyl (C=O) groups excluding carboxylic acids is 2. The topological polar surface area (TPSA) is 77.8 Å². The molecule has 0 unspecified atom stereocenters. The van der Waals surface area contributed by atoms with E-state index in [0.717, 1.165) is 16.3 Å². The van der Waals surface area contributed by atoms with E-state index in [1.807, 2.05) is 42.5 Å². The van der Waals surface area contributed by atoms with Crippen molar-refractivity contribution in [2.45, 2.75) is 6.54 Å². The van der Waals surface area contributed by atoms with E-state index in [9.17, 15) is 9.59 Å². The molecule has 4 aromatic rings. The lowest BCUT2D eigenvalue weighted by atomic mass is 10.1. The van der Waals surface area contributed by atoms with Crippen molar-refractivity contribution in [2.24, 2.45) is 0 Å². The van der Waals surface area contributed by atoms with Gasteiger partial charge in [0.2, 0.25) is 0 Å². The van der Waals surface area contributed by atoms with Crippen LogP contribution in [0.4, 0.5) is 0 Å². The molecule has 0 bridgehead atoms. The molecule has 1 heterocycles. The van der Waals surface area contributed by atoms with E-state index >= 15 is 0 Å². The number of methoxy groups -OCH3 is 1. The third kappa shape index (κ3) is 5.49. The molecule has 33 heavy (non-hydrogen) atoms. The number of rotatable bonds is 8. The van der Waals surface area contributed by atoms with Gasteiger partial charge in [0.25, 0.3) is 5.91 Å². The van der Waals surface area contributed by atoms with Crippen LogP contribution < -0.4 is 10.1 Å². The predicted molar refractivity (Wildman–Crippen MR) is 126 cm³/mol. The third-order valence-electron chi connectivity index (χ3n) is 5.10. The molecule has 0 aliphatic carbocycles. The van der Waals surface area contributed by atoms with Crippen molar-refractivity contribution >= 4 is 28.7 Å². The maximum Gasteiger partial charge on any atom is 0.337 e. The normalized spacial score (nSPS) is 11.2. The molecule has 0 saturated carbocycles. The Morgan fingerprint density at radius 2 is 1.73 bits per heavy atom. The van der Waals surface area contributed by atoms with E-state index < -0.39 is 5.97 Å². The van der Waals surface area contributed by atoms with Crippen molar-refractivity contribution in [3.8, 4) is 5.75 Å². The van der Waals surface area contributed by atoms with Gasteiger partial charge in [-0.3, -0.25) is 4.79 Å². The second kappa shape index (κ2) is 10.3. The highest BCUT2D eigenvalue weighted by Crippen LogP contribution is 2.25. The monoisotopic (exact) mass is 441 g/mol. The summed E-state index contributed by atoms with van der Waals surface area (Å²) in [5, 5.41) is 4.89. The van der Waals surface area contributed by atoms with E-state index in [1.54, 1.807) is 48.7 Å². The van der Waals surface area contributed by atoms with Crippen molar-refractivity contribution in [3.63, 3.8) is 0 Å². The summed E-state index contributed by atoms with van der Waals surface area (Å²) in [5.74, 6) is 0.656. The molecule has 0 saturated heterocycles. The van der Waals surface area contributed by atoms with E-state index in [2.05, 4.69) is 5.32 Å². The smallest absolute Gasteiger partial charge is 0.337 e. The molecule has 0 atom stereocenters. The van der Waals surface area contributed by atoms with E-state index in [4.69, 9.17) is 13.9 Å². The fourth-order valence-electron chi connectivity index (χ4n) is 3.38. The first-order valence-electron chi connectivity index (χ1n) is 10.4. The van der Waals surface area contributed by atoms with Crippen LogP contribution in [0.2, 0.25) is 0 Å². The molecule has 0 spiro atoms. The van der Waals surface area contributed by atoms with Gasteiger partial charge in [0.1, 0.15) is 18.1 Å². The molecule has 0 radical (unpaired) electrons. The summed E-state index contributed by atoms with van der Waals surface area (Å²) < 4.78 is 16.1. The molecule has 1 amide bonds. The zero-order valence-electron chi connectivity index (χ0n) is 18.1. The standard InChI is InChI=1S/C27H23NO5/c1-31-27(30)21-13-11-19(12-14-21)16-22(26(29)28-17-23-8-5-15-32-23)18-33-25-10-4-7-20-6-2-3-9-24(20)25/h2-16H,17-18H2,1H3,(H,28,29). The minimum atomic E-state index is -0.416. The Labute approximate surface area is 191 Å². The van der Waals surface area contributed by atoms with Gasteiger partial charge in [-0.25, -0.2) is 4.79 Å². The summed E-state index contributed by atoms with van der Waals surface area (Å²) >= 11 is 0. The summed E-state index contributed by atoms with van der Waals surface area (Å²) in [6.07, 6.45) is 3.30. The van der Waals surface area contributed by atoms with Crippen molar-refractivity contribution in [1.82, 2.24) is 5.32 Å². The van der Waals surface area contributed by atoms with E-state index in [1.165, 1.54) is 7.11 Å². The average molecular weight is 441 g/mol. The number of amides is 1. The Morgan fingerprint density at radius 1 is 0.939 bits per heavy atom. The highest BCUT2D eigenvalue weighted by molar-refractivity contribution is 5.98. The number of carbonyl (C=O) groups is 2. The molecule has 6 heteroatoms. The quantitative estimate of drug-likeness (QED) is 0.308. The number of hydrogen-bond acceptors (Lipinski definition) is 5. The summed E-state index contributed by atoms with van der Waals surface area (Å²) in [6, 6.07) is 24.1. The second-order valence-electron chi connectivity index (χ2n) is 7.31. The highest BCUT2D eigenvalue weighted by atomic mass is 16.5. The minimum Gasteiger partial charge on any atom is -0.488 e. The maximum absolute atomic E-state index is 13.0. The first-order chi connectivity index (χ1) is 16.1. The Hall–Kier alpha value is -4.32. The zero-order valence-corrected chi connectivity index (χ0v) is 18.1. The van der Waals surface area contributed by atoms with Crippen LogP contribution in [0.1, 0.15) is 21.7 Å². The molecule has 0 fully saturated rings. The Balaban J connectivity index is 1.56. The summed E-state index contributed by atoms with van der Waals surface area (Å²) in [5.41, 5.74) is 1.62. The van der Waals surface area contributed by atoms with Gasteiger partial charge in [0.15, 0.2) is 0 Å². The molecule has 6 nitrogen and oxygen atoms in total. The SMILES string of the molecule is COC(=O)c1ccc(C=C(COc2cccc3ccccc23)C(=O)NCc2ccco2)cc1. The van der Waals surface area contributed by atoms with Crippen molar-refractivity contribution in [2.75, 3.05) is 13.7 Å². The van der Waals surface area contributed by atoms with Crippen LogP contribution in [0.15, 0.2) is 95.1 Å². The molecule has 4 rings (SSSR count). The van der Waals surface area contributed by atoms with Crippen LogP contribution in [-0.2, 0) is 16.1 Å². The molecule has 166 valence electrons. The van der Waals surface area contributed by atoms with Crippen LogP contribution in [0.5, 0.6) is 5.75 Å². The zero-order chi connectivity index (χ0) is 23.0. The number of hydrogen-bond donors (Lipinski definition) is 1. The van der Waals surface area contributed by atoms with Crippen LogP contribution in [0.25, 0.3) is 16.8 Å². The third-order valence-corrected chi connectivity index (χ3v) is 5.10. The van der Waals surface area contributed by atoms with Gasteiger partial charge in [-0.1, -0.05) is 48.5 Å². The Bertz CT molecular complexity index is 1270. The van der Waals surface area contributed by atoms with Gasteiger partial charge in [-0.05, 0) is 47.4 Å². The van der Waals surface area contributed by atoms with Gasteiger partial charge >= 0.3 is 5.97 Å². The van der Waals surface area contributed by atoms with Crippen LogP contribution in [-0.4, -0.2) is 25.6 Å². The summed E-state index contributed by atoms with van der Waals surface area (Å²) in [6.45, 7) is 0.329. The Kier molecular flexibility index (Phi) is 6.85. The number of ether oxygens (including phenoxy) is 2. The van der Waals surface area contributed by atoms with Crippen LogP contribution >= 0.6 is 0 Å². The lowest BCUT2D eigenvalue weighted by molar-refractivity contribution is -0.118. The number of fused-ring (bicyclic) bond motifs is 1. The molecular weight excluding hydrogens is 418 g/mol. The largest absolute Gasteiger partial charge is 0.488 e. The number of esters is 1. The Morgan fingerprint density at radius 3 is 2.48 bits per heavy atom. The molecular formula is C27H23NO5. The average Bonchev–Trinajstić information content (AvgIpc) is 3.38. The van der Waals surface area contributed by atoms with Crippen molar-refractivity contribution in [1.29, 1.82) is 0 Å². The minimum absolute atomic E-state index is 0.0662. The predicted octanol–water partition coefficient (Wildman–Crippen LogP) is 5.00. The summed E-state index contributed by atoms with van der Waals surface area (Å²) in [4.78, 5) is 24.7. The summed E-state index contributed by atoms with van der Waals surface area (Å²) in [7, 11) is 1.34. The van der Waals surface area contributed by atoms with Crippen molar-refractivity contribution in [3.05, 3.63) is 108 Å². The van der Waals surface area contributed by atoms with Gasteiger partial charge in [-0.2, -0.15) is 0 Å². The molecule has 1 aromatic heterocycles. The number of benzene rings is 3. The van der Waals surface area contributed by atoms with E-state index in [-0.39, 0.29) is 19.1 Å².